The molecule has 0 aromatic heterocycles. The van der Waals surface area contributed by atoms with Crippen molar-refractivity contribution in [1.82, 2.24) is 4.90 Å². The number of rotatable bonds is 8. The third-order valence-electron chi connectivity index (χ3n) is 2.39. The first-order valence-corrected chi connectivity index (χ1v) is 6.87. The molecule has 0 aliphatic heterocycles. The molecule has 0 aromatic carbocycles. The van der Waals surface area contributed by atoms with Crippen LogP contribution in [-0.2, 0) is 0 Å². The third kappa shape index (κ3) is 7.65. The average molecular weight is 218 g/mol. The van der Waals surface area contributed by atoms with E-state index in [9.17, 15) is 0 Å². The predicted octanol–water partition coefficient (Wildman–Crippen LogP) is 1.90. The Hall–Kier alpha value is 0.270. The zero-order chi connectivity index (χ0) is 11.0. The van der Waals surface area contributed by atoms with Gasteiger partial charge in [-0.1, -0.05) is 13.8 Å². The van der Waals surface area contributed by atoms with E-state index in [0.29, 0.717) is 5.92 Å². The number of thioether (sulfide) groups is 1. The number of hydrogen-bond acceptors (Lipinski definition) is 3. The van der Waals surface area contributed by atoms with E-state index in [-0.39, 0.29) is 0 Å². The summed E-state index contributed by atoms with van der Waals surface area (Å²) in [7, 11) is 2.19. The number of hydrogen-bond donors (Lipinski definition) is 1. The summed E-state index contributed by atoms with van der Waals surface area (Å²) in [6, 6.07) is 0. The molecule has 2 N–H and O–H groups in total. The van der Waals surface area contributed by atoms with Gasteiger partial charge in [-0.15, -0.1) is 0 Å². The molecule has 0 bridgehead atoms. The van der Waals surface area contributed by atoms with Crippen LogP contribution in [0.5, 0.6) is 0 Å². The van der Waals surface area contributed by atoms with Crippen molar-refractivity contribution in [2.45, 2.75) is 20.3 Å². The molecule has 0 radical (unpaired) electrons. The number of nitrogens with zero attached hydrogens (tertiary/aromatic N) is 1. The Bertz CT molecular complexity index is 128. The van der Waals surface area contributed by atoms with Gasteiger partial charge in [-0.05, 0) is 38.1 Å². The lowest BCUT2D eigenvalue weighted by atomic mass is 9.97. The maximum absolute atomic E-state index is 5.77. The smallest absolute Gasteiger partial charge is 0.00693 e. The normalized spacial score (nSPS) is 13.9. The van der Waals surface area contributed by atoms with Crippen LogP contribution in [0.1, 0.15) is 20.3 Å². The van der Waals surface area contributed by atoms with Gasteiger partial charge in [0.2, 0.25) is 0 Å². The second-order valence-corrected chi connectivity index (χ2v) is 5.47. The molecule has 0 rings (SSSR count). The van der Waals surface area contributed by atoms with Crippen molar-refractivity contribution in [2.75, 3.05) is 38.7 Å². The number of nitrogens with two attached hydrogens (primary N) is 1. The first-order chi connectivity index (χ1) is 6.60. The van der Waals surface area contributed by atoms with Gasteiger partial charge < -0.3 is 10.6 Å². The Labute approximate surface area is 93.6 Å². The summed E-state index contributed by atoms with van der Waals surface area (Å²) in [6.07, 6.45) is 3.41. The lowest BCUT2D eigenvalue weighted by Gasteiger charge is -2.24. The van der Waals surface area contributed by atoms with Crippen molar-refractivity contribution in [2.24, 2.45) is 17.6 Å². The van der Waals surface area contributed by atoms with E-state index >= 15 is 0 Å². The molecule has 0 spiro atoms. The van der Waals surface area contributed by atoms with Gasteiger partial charge in [0.25, 0.3) is 0 Å². The minimum atomic E-state index is 0.668. The van der Waals surface area contributed by atoms with E-state index in [1.165, 1.54) is 18.7 Å². The van der Waals surface area contributed by atoms with Crippen LogP contribution in [0.3, 0.4) is 0 Å². The summed E-state index contributed by atoms with van der Waals surface area (Å²) in [5.74, 6) is 2.65. The molecular formula is C11H26N2S. The Morgan fingerprint density at radius 3 is 2.43 bits per heavy atom. The highest BCUT2D eigenvalue weighted by Gasteiger charge is 2.11. The lowest BCUT2D eigenvalue weighted by molar-refractivity contribution is 0.267. The largest absolute Gasteiger partial charge is 0.330 e. The molecule has 0 aromatic rings. The average Bonchev–Trinajstić information content (AvgIpc) is 2.12. The molecule has 3 heteroatoms. The Morgan fingerprint density at radius 1 is 1.36 bits per heavy atom. The van der Waals surface area contributed by atoms with Gasteiger partial charge in [0.05, 0.1) is 0 Å². The molecule has 0 saturated carbocycles. The van der Waals surface area contributed by atoms with Crippen molar-refractivity contribution in [3.05, 3.63) is 0 Å². The fourth-order valence-electron chi connectivity index (χ4n) is 1.69. The van der Waals surface area contributed by atoms with Crippen molar-refractivity contribution < 1.29 is 0 Å². The maximum atomic E-state index is 5.77. The van der Waals surface area contributed by atoms with Gasteiger partial charge in [-0.25, -0.2) is 0 Å². The van der Waals surface area contributed by atoms with Crippen molar-refractivity contribution in [1.29, 1.82) is 0 Å². The second-order valence-electron chi connectivity index (χ2n) is 4.49. The fraction of sp³-hybridized carbons (Fsp3) is 1.00. The first kappa shape index (κ1) is 14.3. The van der Waals surface area contributed by atoms with Crippen LogP contribution in [0.25, 0.3) is 0 Å². The van der Waals surface area contributed by atoms with Gasteiger partial charge >= 0.3 is 0 Å². The second kappa shape index (κ2) is 8.57. The van der Waals surface area contributed by atoms with Crippen LogP contribution >= 0.6 is 11.8 Å². The predicted molar refractivity (Wildman–Crippen MR) is 67.9 cm³/mol. The molecule has 1 atom stereocenters. The molecule has 0 aliphatic carbocycles. The van der Waals surface area contributed by atoms with Crippen LogP contribution in [0.4, 0.5) is 0 Å². The summed E-state index contributed by atoms with van der Waals surface area (Å²) in [4.78, 5) is 2.40. The highest BCUT2D eigenvalue weighted by atomic mass is 32.2. The van der Waals surface area contributed by atoms with E-state index in [4.69, 9.17) is 5.73 Å². The van der Waals surface area contributed by atoms with Crippen LogP contribution in [0.15, 0.2) is 0 Å². The first-order valence-electron chi connectivity index (χ1n) is 5.47. The van der Waals surface area contributed by atoms with Gasteiger partial charge in [0, 0.05) is 18.8 Å². The van der Waals surface area contributed by atoms with Gasteiger partial charge in [0.15, 0.2) is 0 Å². The molecule has 0 amide bonds. The fourth-order valence-corrected chi connectivity index (χ4v) is 2.19. The molecule has 2 nitrogen and oxygen atoms in total. The molecular weight excluding hydrogens is 192 g/mol. The van der Waals surface area contributed by atoms with E-state index < -0.39 is 0 Å². The van der Waals surface area contributed by atoms with Crippen LogP contribution in [-0.4, -0.2) is 43.6 Å². The van der Waals surface area contributed by atoms with Gasteiger partial charge in [-0.2, -0.15) is 11.8 Å². The maximum Gasteiger partial charge on any atom is 0.00693 e. The van der Waals surface area contributed by atoms with Crippen molar-refractivity contribution in [3.8, 4) is 0 Å². The quantitative estimate of drug-likeness (QED) is 0.675. The summed E-state index contributed by atoms with van der Waals surface area (Å²) in [5.41, 5.74) is 5.77. The molecule has 1 unspecified atom stereocenters. The van der Waals surface area contributed by atoms with Crippen molar-refractivity contribution in [3.63, 3.8) is 0 Å². The third-order valence-corrected chi connectivity index (χ3v) is 2.98. The monoisotopic (exact) mass is 218 g/mol. The van der Waals surface area contributed by atoms with Crippen LogP contribution < -0.4 is 5.73 Å². The molecule has 0 aliphatic rings. The van der Waals surface area contributed by atoms with Crippen LogP contribution in [0.2, 0.25) is 0 Å². The summed E-state index contributed by atoms with van der Waals surface area (Å²) >= 11 is 1.91. The zero-order valence-electron chi connectivity index (χ0n) is 10.1. The lowest BCUT2D eigenvalue weighted by Crippen LogP contribution is -2.32. The SMILES string of the molecule is CSCCN(C)CC(CN)CC(C)C. The zero-order valence-corrected chi connectivity index (χ0v) is 10.9. The highest BCUT2D eigenvalue weighted by molar-refractivity contribution is 7.98. The van der Waals surface area contributed by atoms with E-state index in [2.05, 4.69) is 32.1 Å². The molecule has 0 fully saturated rings. The summed E-state index contributed by atoms with van der Waals surface area (Å²) in [5, 5.41) is 0. The molecule has 0 heterocycles. The van der Waals surface area contributed by atoms with E-state index in [1.54, 1.807) is 0 Å². The Kier molecular flexibility index (Phi) is 8.73. The van der Waals surface area contributed by atoms with Gasteiger partial charge in [-0.3, -0.25) is 0 Å². The Morgan fingerprint density at radius 2 is 2.00 bits per heavy atom. The Balaban J connectivity index is 3.68. The standard InChI is InChI=1S/C11H26N2S/c1-10(2)7-11(8-12)9-13(3)5-6-14-4/h10-11H,5-9,12H2,1-4H3. The molecule has 86 valence electrons. The minimum absolute atomic E-state index is 0.668. The summed E-state index contributed by atoms with van der Waals surface area (Å²) in [6.45, 7) is 7.68. The molecule has 14 heavy (non-hydrogen) atoms. The topological polar surface area (TPSA) is 29.3 Å². The summed E-state index contributed by atoms with van der Waals surface area (Å²) < 4.78 is 0. The van der Waals surface area contributed by atoms with E-state index in [0.717, 1.165) is 19.0 Å². The molecule has 0 saturated heterocycles. The van der Waals surface area contributed by atoms with Crippen molar-refractivity contribution >= 4 is 11.8 Å². The van der Waals surface area contributed by atoms with Crippen LogP contribution in [0, 0.1) is 11.8 Å². The minimum Gasteiger partial charge on any atom is -0.330 e. The van der Waals surface area contributed by atoms with Gasteiger partial charge in [0.1, 0.15) is 0 Å². The van der Waals surface area contributed by atoms with E-state index in [1.807, 2.05) is 11.8 Å². The highest BCUT2D eigenvalue weighted by Crippen LogP contribution is 2.11.